The van der Waals surface area contributed by atoms with E-state index in [4.69, 9.17) is 11.6 Å². The Morgan fingerprint density at radius 1 is 1.39 bits per heavy atom. The lowest BCUT2D eigenvalue weighted by Crippen LogP contribution is -2.16. The molecular formula is C13H18ClNO2S. The van der Waals surface area contributed by atoms with Crippen LogP contribution in [0.4, 0.5) is 0 Å². The standard InChI is InChI=1S/C13H18ClNO2S/c1-10(2)7-8-15-9-11-12(14)5-4-6-13(11)18(3,16)17/h4-7,15H,8-9H2,1-3H3. The summed E-state index contributed by atoms with van der Waals surface area (Å²) in [7, 11) is -3.25. The molecule has 1 rings (SSSR count). The largest absolute Gasteiger partial charge is 0.309 e. The van der Waals surface area contributed by atoms with Crippen LogP contribution in [-0.2, 0) is 16.4 Å². The Labute approximate surface area is 114 Å². The summed E-state index contributed by atoms with van der Waals surface area (Å²) in [6.07, 6.45) is 3.23. The number of halogens is 1. The number of nitrogens with one attached hydrogen (secondary N) is 1. The van der Waals surface area contributed by atoms with E-state index in [0.29, 0.717) is 28.6 Å². The van der Waals surface area contributed by atoms with Gasteiger partial charge in [-0.15, -0.1) is 0 Å². The summed E-state index contributed by atoms with van der Waals surface area (Å²) in [4.78, 5) is 0.291. The molecule has 0 bridgehead atoms. The van der Waals surface area contributed by atoms with Crippen LogP contribution in [0.25, 0.3) is 0 Å². The smallest absolute Gasteiger partial charge is 0.175 e. The second kappa shape index (κ2) is 6.36. The molecule has 0 spiro atoms. The van der Waals surface area contributed by atoms with Crippen molar-refractivity contribution >= 4 is 21.4 Å². The maximum atomic E-state index is 11.6. The molecule has 100 valence electrons. The fourth-order valence-corrected chi connectivity index (χ4v) is 2.78. The molecule has 0 aliphatic rings. The molecular weight excluding hydrogens is 270 g/mol. The predicted octanol–water partition coefficient (Wildman–Crippen LogP) is 2.80. The highest BCUT2D eigenvalue weighted by Gasteiger charge is 2.14. The Kier molecular flexibility index (Phi) is 5.38. The van der Waals surface area contributed by atoms with Gasteiger partial charge in [-0.05, 0) is 26.0 Å². The molecule has 1 aromatic carbocycles. The molecule has 0 aliphatic heterocycles. The Bertz CT molecular complexity index is 546. The van der Waals surface area contributed by atoms with E-state index in [2.05, 4.69) is 5.32 Å². The van der Waals surface area contributed by atoms with Gasteiger partial charge in [0, 0.05) is 29.9 Å². The van der Waals surface area contributed by atoms with Crippen molar-refractivity contribution in [2.45, 2.75) is 25.3 Å². The van der Waals surface area contributed by atoms with E-state index in [9.17, 15) is 8.42 Å². The maximum Gasteiger partial charge on any atom is 0.175 e. The van der Waals surface area contributed by atoms with Crippen LogP contribution in [0, 0.1) is 0 Å². The summed E-state index contributed by atoms with van der Waals surface area (Å²) in [5.41, 5.74) is 1.84. The highest BCUT2D eigenvalue weighted by molar-refractivity contribution is 7.90. The molecule has 0 atom stereocenters. The van der Waals surface area contributed by atoms with Gasteiger partial charge in [0.1, 0.15) is 0 Å². The SMILES string of the molecule is CC(C)=CCNCc1c(Cl)cccc1S(C)(=O)=O. The summed E-state index contributed by atoms with van der Waals surface area (Å²) in [6, 6.07) is 4.94. The van der Waals surface area contributed by atoms with Gasteiger partial charge in [-0.1, -0.05) is 29.3 Å². The van der Waals surface area contributed by atoms with Crippen LogP contribution in [0.1, 0.15) is 19.4 Å². The van der Waals surface area contributed by atoms with E-state index >= 15 is 0 Å². The van der Waals surface area contributed by atoms with Crippen molar-refractivity contribution in [3.05, 3.63) is 40.4 Å². The van der Waals surface area contributed by atoms with Gasteiger partial charge in [0.15, 0.2) is 9.84 Å². The van der Waals surface area contributed by atoms with E-state index in [1.165, 1.54) is 11.8 Å². The van der Waals surface area contributed by atoms with Crippen LogP contribution in [0.2, 0.25) is 5.02 Å². The number of hydrogen-bond donors (Lipinski definition) is 1. The lowest BCUT2D eigenvalue weighted by Gasteiger charge is -2.10. The highest BCUT2D eigenvalue weighted by Crippen LogP contribution is 2.23. The molecule has 0 aromatic heterocycles. The van der Waals surface area contributed by atoms with Crippen LogP contribution in [0.15, 0.2) is 34.7 Å². The second-order valence-electron chi connectivity index (χ2n) is 4.40. The zero-order valence-electron chi connectivity index (χ0n) is 10.8. The summed E-state index contributed by atoms with van der Waals surface area (Å²) in [5.74, 6) is 0. The lowest BCUT2D eigenvalue weighted by atomic mass is 10.2. The van der Waals surface area contributed by atoms with Crippen molar-refractivity contribution in [1.29, 1.82) is 0 Å². The third kappa shape index (κ3) is 4.44. The molecule has 0 amide bonds. The maximum absolute atomic E-state index is 11.6. The van der Waals surface area contributed by atoms with E-state index in [1.54, 1.807) is 18.2 Å². The zero-order valence-corrected chi connectivity index (χ0v) is 12.4. The van der Waals surface area contributed by atoms with E-state index in [1.807, 2.05) is 19.9 Å². The molecule has 3 nitrogen and oxygen atoms in total. The molecule has 5 heteroatoms. The Morgan fingerprint density at radius 2 is 2.06 bits per heavy atom. The van der Waals surface area contributed by atoms with Gasteiger partial charge >= 0.3 is 0 Å². The minimum absolute atomic E-state index is 0.291. The van der Waals surface area contributed by atoms with Crippen molar-refractivity contribution in [3.8, 4) is 0 Å². The average molecular weight is 288 g/mol. The van der Waals surface area contributed by atoms with Gasteiger partial charge < -0.3 is 5.32 Å². The lowest BCUT2D eigenvalue weighted by molar-refractivity contribution is 0.599. The van der Waals surface area contributed by atoms with Crippen molar-refractivity contribution in [3.63, 3.8) is 0 Å². The number of sulfone groups is 1. The fraction of sp³-hybridized carbons (Fsp3) is 0.385. The summed E-state index contributed by atoms with van der Waals surface area (Å²) in [6.45, 7) is 5.15. The van der Waals surface area contributed by atoms with Gasteiger partial charge in [-0.3, -0.25) is 0 Å². The van der Waals surface area contributed by atoms with E-state index in [-0.39, 0.29) is 0 Å². The molecule has 0 heterocycles. The first-order valence-corrected chi connectivity index (χ1v) is 7.91. The van der Waals surface area contributed by atoms with Crippen LogP contribution in [-0.4, -0.2) is 21.2 Å². The number of hydrogen-bond acceptors (Lipinski definition) is 3. The molecule has 0 saturated carbocycles. The minimum Gasteiger partial charge on any atom is -0.309 e. The van der Waals surface area contributed by atoms with Gasteiger partial charge in [-0.2, -0.15) is 0 Å². The summed E-state index contributed by atoms with van der Waals surface area (Å²) < 4.78 is 23.3. The van der Waals surface area contributed by atoms with E-state index in [0.717, 1.165) is 0 Å². The quantitative estimate of drug-likeness (QED) is 0.669. The molecule has 0 saturated heterocycles. The van der Waals surface area contributed by atoms with Crippen LogP contribution in [0.3, 0.4) is 0 Å². The van der Waals surface area contributed by atoms with Gasteiger partial charge in [0.25, 0.3) is 0 Å². The van der Waals surface area contributed by atoms with E-state index < -0.39 is 9.84 Å². The number of benzene rings is 1. The molecule has 1 N–H and O–H groups in total. The van der Waals surface area contributed by atoms with Gasteiger partial charge in [0.2, 0.25) is 0 Å². The third-order valence-electron chi connectivity index (χ3n) is 2.43. The van der Waals surface area contributed by atoms with Gasteiger partial charge in [0.05, 0.1) is 4.90 Å². The van der Waals surface area contributed by atoms with Crippen LogP contribution in [0.5, 0.6) is 0 Å². The Hall–Kier alpha value is -0.840. The Balaban J connectivity index is 2.91. The highest BCUT2D eigenvalue weighted by atomic mass is 35.5. The van der Waals surface area contributed by atoms with Gasteiger partial charge in [-0.25, -0.2) is 8.42 Å². The zero-order chi connectivity index (χ0) is 13.8. The van der Waals surface area contributed by atoms with Crippen LogP contribution >= 0.6 is 11.6 Å². The summed E-state index contributed by atoms with van der Waals surface area (Å²) in [5, 5.41) is 3.64. The second-order valence-corrected chi connectivity index (χ2v) is 6.79. The molecule has 0 aliphatic carbocycles. The topological polar surface area (TPSA) is 46.2 Å². The number of rotatable bonds is 5. The molecule has 0 radical (unpaired) electrons. The normalized spacial score (nSPS) is 11.3. The molecule has 0 fully saturated rings. The monoisotopic (exact) mass is 287 g/mol. The van der Waals surface area contributed by atoms with Crippen molar-refractivity contribution in [2.75, 3.05) is 12.8 Å². The average Bonchev–Trinajstić information content (AvgIpc) is 2.24. The Morgan fingerprint density at radius 3 is 2.61 bits per heavy atom. The van der Waals surface area contributed by atoms with Crippen molar-refractivity contribution < 1.29 is 8.42 Å². The molecule has 1 aromatic rings. The first kappa shape index (κ1) is 15.2. The predicted molar refractivity (Wildman–Crippen MR) is 75.7 cm³/mol. The number of allylic oxidation sites excluding steroid dienone is 1. The molecule has 0 unspecified atom stereocenters. The minimum atomic E-state index is -3.25. The first-order chi connectivity index (χ1) is 8.32. The van der Waals surface area contributed by atoms with Crippen molar-refractivity contribution in [1.82, 2.24) is 5.32 Å². The third-order valence-corrected chi connectivity index (χ3v) is 3.97. The van der Waals surface area contributed by atoms with Crippen LogP contribution < -0.4 is 5.32 Å². The summed E-state index contributed by atoms with van der Waals surface area (Å²) >= 11 is 6.06. The molecule has 18 heavy (non-hydrogen) atoms. The van der Waals surface area contributed by atoms with Crippen molar-refractivity contribution in [2.24, 2.45) is 0 Å². The fourth-order valence-electron chi connectivity index (χ4n) is 1.53. The first-order valence-electron chi connectivity index (χ1n) is 5.64.